The Balaban J connectivity index is 0.00000116. The van der Waals surface area contributed by atoms with Crippen LogP contribution in [-0.4, -0.2) is 62.3 Å². The van der Waals surface area contributed by atoms with Gasteiger partial charge < -0.3 is 14.5 Å². The van der Waals surface area contributed by atoms with Crippen molar-refractivity contribution in [2.75, 3.05) is 46.4 Å². The highest BCUT2D eigenvalue weighted by molar-refractivity contribution is 4.98. The van der Waals surface area contributed by atoms with Crippen molar-refractivity contribution in [2.24, 2.45) is 5.92 Å². The van der Waals surface area contributed by atoms with E-state index >= 15 is 0 Å². The summed E-state index contributed by atoms with van der Waals surface area (Å²) in [6.07, 6.45) is 6.48. The van der Waals surface area contributed by atoms with E-state index in [9.17, 15) is 0 Å². The fraction of sp³-hybridized carbons (Fsp3) is 0.895. The van der Waals surface area contributed by atoms with Gasteiger partial charge in [0.2, 0.25) is 0 Å². The lowest BCUT2D eigenvalue weighted by molar-refractivity contribution is 0.0182. The van der Waals surface area contributed by atoms with Gasteiger partial charge in [0.05, 0.1) is 6.10 Å². The van der Waals surface area contributed by atoms with Gasteiger partial charge in [-0.1, -0.05) is 26.7 Å². The van der Waals surface area contributed by atoms with Crippen molar-refractivity contribution in [3.63, 3.8) is 0 Å². The molecule has 0 atom stereocenters. The smallest absolute Gasteiger partial charge is 0.108 e. The average Bonchev–Trinajstić information content (AvgIpc) is 2.57. The third-order valence-electron chi connectivity index (χ3n) is 4.58. The second kappa shape index (κ2) is 11.9. The Hall–Kier alpha value is -0.560. The van der Waals surface area contributed by atoms with Gasteiger partial charge in [-0.05, 0) is 51.7 Å². The van der Waals surface area contributed by atoms with E-state index in [0.717, 1.165) is 12.3 Å². The molecule has 22 heavy (non-hydrogen) atoms. The van der Waals surface area contributed by atoms with Crippen LogP contribution < -0.4 is 0 Å². The first-order valence-corrected chi connectivity index (χ1v) is 9.26. The van der Waals surface area contributed by atoms with Gasteiger partial charge in [-0.3, -0.25) is 0 Å². The first-order valence-electron chi connectivity index (χ1n) is 9.26. The summed E-state index contributed by atoms with van der Waals surface area (Å²) in [5.74, 6) is 7.05. The molecular formula is C19H36N2O. The maximum atomic E-state index is 5.83. The summed E-state index contributed by atoms with van der Waals surface area (Å²) in [7, 11) is 2.24. The second-order valence-electron chi connectivity index (χ2n) is 6.26. The lowest BCUT2D eigenvalue weighted by atomic mass is 9.95. The Bertz CT molecular complexity index is 318. The second-order valence-corrected chi connectivity index (χ2v) is 6.26. The van der Waals surface area contributed by atoms with E-state index in [1.165, 1.54) is 58.4 Å². The van der Waals surface area contributed by atoms with Crippen LogP contribution in [0, 0.1) is 17.8 Å². The van der Waals surface area contributed by atoms with Gasteiger partial charge in [0.1, 0.15) is 6.61 Å². The van der Waals surface area contributed by atoms with Crippen LogP contribution in [0.3, 0.4) is 0 Å². The Morgan fingerprint density at radius 1 is 0.955 bits per heavy atom. The van der Waals surface area contributed by atoms with Crippen LogP contribution in [-0.2, 0) is 4.74 Å². The maximum absolute atomic E-state index is 5.83. The number of rotatable bonds is 4. The summed E-state index contributed by atoms with van der Waals surface area (Å²) in [6.45, 7) is 13.0. The zero-order valence-corrected chi connectivity index (χ0v) is 15.2. The summed E-state index contributed by atoms with van der Waals surface area (Å²) in [5.41, 5.74) is 0. The molecule has 0 aromatic heterocycles. The molecule has 2 heterocycles. The summed E-state index contributed by atoms with van der Waals surface area (Å²) < 4.78 is 5.83. The highest BCUT2D eigenvalue weighted by Gasteiger charge is 2.23. The molecular weight excluding hydrogens is 272 g/mol. The van der Waals surface area contributed by atoms with Gasteiger partial charge in [0.15, 0.2) is 0 Å². The van der Waals surface area contributed by atoms with Crippen LogP contribution in [0.15, 0.2) is 0 Å². The van der Waals surface area contributed by atoms with Crippen LogP contribution in [0.1, 0.15) is 52.9 Å². The Morgan fingerprint density at radius 3 is 2.18 bits per heavy atom. The quantitative estimate of drug-likeness (QED) is 0.742. The fourth-order valence-electron chi connectivity index (χ4n) is 3.20. The molecule has 0 N–H and O–H groups in total. The zero-order chi connectivity index (χ0) is 16.2. The number of hydrogen-bond donors (Lipinski definition) is 0. The highest BCUT2D eigenvalue weighted by atomic mass is 16.5. The monoisotopic (exact) mass is 308 g/mol. The van der Waals surface area contributed by atoms with Crippen LogP contribution in [0.2, 0.25) is 0 Å². The molecule has 2 fully saturated rings. The molecule has 2 aliphatic heterocycles. The van der Waals surface area contributed by atoms with Crippen molar-refractivity contribution in [3.8, 4) is 11.8 Å². The lowest BCUT2D eigenvalue weighted by Crippen LogP contribution is -2.42. The van der Waals surface area contributed by atoms with Gasteiger partial charge in [-0.15, -0.1) is 5.92 Å². The molecule has 0 radical (unpaired) electrons. The zero-order valence-electron chi connectivity index (χ0n) is 15.2. The molecule has 0 amide bonds. The van der Waals surface area contributed by atoms with Crippen molar-refractivity contribution in [3.05, 3.63) is 0 Å². The first kappa shape index (κ1) is 19.5. The number of piperidine rings is 2. The molecule has 2 rings (SSSR count). The van der Waals surface area contributed by atoms with Crippen LogP contribution in [0.5, 0.6) is 0 Å². The molecule has 0 aromatic carbocycles. The number of ether oxygens (including phenoxy) is 1. The van der Waals surface area contributed by atoms with Crippen molar-refractivity contribution < 1.29 is 4.74 Å². The van der Waals surface area contributed by atoms with E-state index in [4.69, 9.17) is 4.74 Å². The van der Waals surface area contributed by atoms with Gasteiger partial charge in [-0.2, -0.15) is 0 Å². The minimum absolute atomic E-state index is 0.440. The Kier molecular flexibility index (Phi) is 10.6. The van der Waals surface area contributed by atoms with Gasteiger partial charge in [0.25, 0.3) is 0 Å². The van der Waals surface area contributed by atoms with E-state index in [2.05, 4.69) is 35.6 Å². The molecule has 3 nitrogen and oxygen atoms in total. The molecule has 2 aliphatic rings. The van der Waals surface area contributed by atoms with E-state index in [1.807, 2.05) is 13.8 Å². The van der Waals surface area contributed by atoms with Crippen LogP contribution in [0.25, 0.3) is 0 Å². The summed E-state index contributed by atoms with van der Waals surface area (Å²) in [6, 6.07) is 0. The first-order chi connectivity index (χ1) is 10.8. The van der Waals surface area contributed by atoms with E-state index < -0.39 is 0 Å². The molecule has 0 aliphatic carbocycles. The summed E-state index contributed by atoms with van der Waals surface area (Å²) in [4.78, 5) is 5.10. The Morgan fingerprint density at radius 2 is 1.59 bits per heavy atom. The fourth-order valence-corrected chi connectivity index (χ4v) is 3.20. The average molecular weight is 309 g/mol. The highest BCUT2D eigenvalue weighted by Crippen LogP contribution is 2.20. The molecule has 0 unspecified atom stereocenters. The number of hydrogen-bond acceptors (Lipinski definition) is 3. The minimum atomic E-state index is 0.440. The molecule has 2 saturated heterocycles. The molecule has 128 valence electrons. The van der Waals surface area contributed by atoms with Crippen LogP contribution >= 0.6 is 0 Å². The molecule has 0 spiro atoms. The SMILES string of the molecule is CC.CCC#CCOC1CCN(CC2CCN(C)CC2)CC1. The van der Waals surface area contributed by atoms with Gasteiger partial charge >= 0.3 is 0 Å². The van der Waals surface area contributed by atoms with Crippen molar-refractivity contribution in [1.82, 2.24) is 9.80 Å². The molecule has 0 aromatic rings. The third-order valence-corrected chi connectivity index (χ3v) is 4.58. The maximum Gasteiger partial charge on any atom is 0.108 e. The number of nitrogens with zero attached hydrogens (tertiary/aromatic N) is 2. The third kappa shape index (κ3) is 7.63. The van der Waals surface area contributed by atoms with E-state index in [0.29, 0.717) is 12.7 Å². The van der Waals surface area contributed by atoms with Crippen molar-refractivity contribution >= 4 is 0 Å². The summed E-state index contributed by atoms with van der Waals surface area (Å²) >= 11 is 0. The topological polar surface area (TPSA) is 15.7 Å². The van der Waals surface area contributed by atoms with E-state index in [-0.39, 0.29) is 0 Å². The number of likely N-dealkylation sites (tertiary alicyclic amines) is 2. The molecule has 3 heteroatoms. The largest absolute Gasteiger partial charge is 0.365 e. The van der Waals surface area contributed by atoms with Crippen molar-refractivity contribution in [2.45, 2.75) is 59.0 Å². The predicted molar refractivity (Wildman–Crippen MR) is 95.1 cm³/mol. The molecule has 0 saturated carbocycles. The Labute approximate surface area is 138 Å². The minimum Gasteiger partial charge on any atom is -0.365 e. The predicted octanol–water partition coefficient (Wildman–Crippen LogP) is 3.25. The van der Waals surface area contributed by atoms with E-state index in [1.54, 1.807) is 0 Å². The summed E-state index contributed by atoms with van der Waals surface area (Å²) in [5, 5.41) is 0. The normalized spacial score (nSPS) is 21.6. The van der Waals surface area contributed by atoms with Gasteiger partial charge in [-0.25, -0.2) is 0 Å². The molecule has 0 bridgehead atoms. The standard InChI is InChI=1S/C17H30N2O.C2H6/c1-3-4-5-14-20-17-8-12-19(13-9-17)15-16-6-10-18(2)11-7-16;1-2/h16-17H,3,6-15H2,1-2H3;1-2H3. The lowest BCUT2D eigenvalue weighted by Gasteiger charge is -2.36. The van der Waals surface area contributed by atoms with Crippen molar-refractivity contribution in [1.29, 1.82) is 0 Å². The van der Waals surface area contributed by atoms with Gasteiger partial charge in [0, 0.05) is 26.1 Å². The van der Waals surface area contributed by atoms with Crippen LogP contribution in [0.4, 0.5) is 0 Å².